The maximum atomic E-state index is 13.3. The van der Waals surface area contributed by atoms with Crippen molar-refractivity contribution < 1.29 is 24.3 Å². The Balaban J connectivity index is 1.46. The summed E-state index contributed by atoms with van der Waals surface area (Å²) in [5.41, 5.74) is 1.69. The molecule has 7 atom stereocenters. The first-order valence-electron chi connectivity index (χ1n) is 10.4. The molecule has 4 aliphatic rings. The molecule has 30 heavy (non-hydrogen) atoms. The van der Waals surface area contributed by atoms with E-state index >= 15 is 0 Å². The highest BCUT2D eigenvalue weighted by Crippen LogP contribution is 2.62. The van der Waals surface area contributed by atoms with E-state index in [1.165, 1.54) is 0 Å². The molecule has 1 aromatic rings. The van der Waals surface area contributed by atoms with E-state index in [1.807, 2.05) is 26.0 Å². The lowest BCUT2D eigenvalue weighted by atomic mass is 9.71. The molecule has 2 amide bonds. The van der Waals surface area contributed by atoms with Crippen LogP contribution in [0.15, 0.2) is 29.4 Å². The van der Waals surface area contributed by atoms with Crippen molar-refractivity contribution in [3.8, 4) is 0 Å². The Labute approximate surface area is 179 Å². The molecule has 0 spiro atoms. The van der Waals surface area contributed by atoms with Crippen molar-refractivity contribution >= 4 is 35.1 Å². The van der Waals surface area contributed by atoms with Crippen LogP contribution >= 0.6 is 11.6 Å². The largest absolute Gasteiger partial charge is 0.480 e. The van der Waals surface area contributed by atoms with Crippen LogP contribution < -0.4 is 0 Å². The Kier molecular flexibility index (Phi) is 4.43. The Morgan fingerprint density at radius 3 is 2.40 bits per heavy atom. The second-order valence-electron chi connectivity index (χ2n) is 9.22. The van der Waals surface area contributed by atoms with Crippen LogP contribution in [0.1, 0.15) is 32.3 Å². The van der Waals surface area contributed by atoms with Crippen LogP contribution in [0.4, 0.5) is 0 Å². The van der Waals surface area contributed by atoms with Gasteiger partial charge in [0.15, 0.2) is 0 Å². The number of imide groups is 1. The van der Waals surface area contributed by atoms with Gasteiger partial charge in [-0.25, -0.2) is 4.79 Å². The van der Waals surface area contributed by atoms with Crippen molar-refractivity contribution in [3.05, 3.63) is 34.9 Å². The smallest absolute Gasteiger partial charge is 0.326 e. The highest BCUT2D eigenvalue weighted by Gasteiger charge is 2.71. The number of likely N-dealkylation sites (tertiary alicyclic amines) is 1. The van der Waals surface area contributed by atoms with Crippen LogP contribution in [-0.4, -0.2) is 45.6 Å². The number of carboxylic acid groups (broad SMARTS) is 1. The summed E-state index contributed by atoms with van der Waals surface area (Å²) < 4.78 is 0. The number of hydrogen-bond acceptors (Lipinski definition) is 5. The van der Waals surface area contributed by atoms with E-state index in [0.29, 0.717) is 5.02 Å². The molecular formula is C22H23ClN2O5. The number of fused-ring (bicyclic) bond motifs is 8. The average molecular weight is 431 g/mol. The molecule has 2 heterocycles. The van der Waals surface area contributed by atoms with Crippen molar-refractivity contribution in [1.29, 1.82) is 0 Å². The van der Waals surface area contributed by atoms with Gasteiger partial charge in [0.2, 0.25) is 11.8 Å². The topological polar surface area (TPSA) is 96.3 Å². The fraction of sp³-hybridized carbons (Fsp3) is 0.545. The van der Waals surface area contributed by atoms with E-state index < -0.39 is 23.8 Å². The number of carbonyl (C=O) groups is 3. The molecule has 5 rings (SSSR count). The van der Waals surface area contributed by atoms with Gasteiger partial charge in [-0.15, -0.1) is 0 Å². The molecule has 1 N–H and O–H groups in total. The average Bonchev–Trinajstić information content (AvgIpc) is 3.41. The van der Waals surface area contributed by atoms with Gasteiger partial charge in [0.05, 0.1) is 17.5 Å². The third kappa shape index (κ3) is 2.64. The molecule has 1 unspecified atom stereocenters. The fourth-order valence-electron chi connectivity index (χ4n) is 6.08. The number of benzene rings is 1. The highest BCUT2D eigenvalue weighted by atomic mass is 35.5. The first kappa shape index (κ1) is 19.5. The summed E-state index contributed by atoms with van der Waals surface area (Å²) >= 11 is 6.00. The molecule has 1 aromatic carbocycles. The number of oxime groups is 1. The number of halogens is 1. The van der Waals surface area contributed by atoms with Crippen LogP contribution in [0.25, 0.3) is 0 Å². The predicted molar refractivity (Wildman–Crippen MR) is 108 cm³/mol. The van der Waals surface area contributed by atoms with Crippen LogP contribution in [0.3, 0.4) is 0 Å². The van der Waals surface area contributed by atoms with Gasteiger partial charge in [0, 0.05) is 16.9 Å². The number of carbonyl (C=O) groups excluding carboxylic acids is 2. The first-order chi connectivity index (χ1) is 14.3. The van der Waals surface area contributed by atoms with E-state index in [9.17, 15) is 19.5 Å². The highest BCUT2D eigenvalue weighted by molar-refractivity contribution is 6.30. The lowest BCUT2D eigenvalue weighted by molar-refractivity contribution is -0.156. The van der Waals surface area contributed by atoms with Gasteiger partial charge in [-0.3, -0.25) is 14.5 Å². The van der Waals surface area contributed by atoms with E-state index in [-0.39, 0.29) is 48.0 Å². The number of nitrogens with zero attached hydrogens (tertiary/aromatic N) is 2. The molecule has 1 saturated heterocycles. The molecule has 0 radical (unpaired) electrons. The van der Waals surface area contributed by atoms with Gasteiger partial charge in [-0.1, -0.05) is 42.7 Å². The van der Waals surface area contributed by atoms with Gasteiger partial charge < -0.3 is 9.94 Å². The minimum atomic E-state index is -1.13. The van der Waals surface area contributed by atoms with Crippen molar-refractivity contribution in [2.45, 2.75) is 38.8 Å². The lowest BCUT2D eigenvalue weighted by Gasteiger charge is -2.29. The van der Waals surface area contributed by atoms with Gasteiger partial charge in [0.1, 0.15) is 12.1 Å². The second kappa shape index (κ2) is 6.80. The molecular weight excluding hydrogens is 408 g/mol. The molecule has 2 aliphatic heterocycles. The number of rotatable bonds is 5. The van der Waals surface area contributed by atoms with Gasteiger partial charge >= 0.3 is 5.97 Å². The summed E-state index contributed by atoms with van der Waals surface area (Å²) in [7, 11) is 0. The minimum Gasteiger partial charge on any atom is -0.480 e. The predicted octanol–water partition coefficient (Wildman–Crippen LogP) is 2.81. The summed E-state index contributed by atoms with van der Waals surface area (Å²) in [5.74, 6) is -3.02. The molecule has 3 fully saturated rings. The van der Waals surface area contributed by atoms with Crippen molar-refractivity contribution in [1.82, 2.24) is 4.90 Å². The third-order valence-electron chi connectivity index (χ3n) is 7.16. The van der Waals surface area contributed by atoms with Crippen LogP contribution in [0, 0.1) is 35.5 Å². The molecule has 0 aromatic heterocycles. The Morgan fingerprint density at radius 2 is 1.80 bits per heavy atom. The third-order valence-corrected chi connectivity index (χ3v) is 7.41. The monoisotopic (exact) mass is 430 g/mol. The van der Waals surface area contributed by atoms with Gasteiger partial charge in [-0.2, -0.15) is 0 Å². The minimum absolute atomic E-state index is 0.0511. The van der Waals surface area contributed by atoms with Crippen LogP contribution in [0.2, 0.25) is 5.02 Å². The summed E-state index contributed by atoms with van der Waals surface area (Å²) in [4.78, 5) is 45.2. The van der Waals surface area contributed by atoms with E-state index in [2.05, 4.69) is 5.16 Å². The molecule has 2 bridgehead atoms. The van der Waals surface area contributed by atoms with Gasteiger partial charge in [-0.05, 0) is 42.4 Å². The Hall–Kier alpha value is -2.41. The van der Waals surface area contributed by atoms with Crippen LogP contribution in [-0.2, 0) is 19.2 Å². The number of amides is 2. The molecule has 8 heteroatoms. The van der Waals surface area contributed by atoms with E-state index in [0.717, 1.165) is 22.6 Å². The second-order valence-corrected chi connectivity index (χ2v) is 9.66. The zero-order chi connectivity index (χ0) is 21.3. The quantitative estimate of drug-likeness (QED) is 0.724. The van der Waals surface area contributed by atoms with Gasteiger partial charge in [0.25, 0.3) is 0 Å². The number of carboxylic acids is 1. The SMILES string of the molecule is CC(C)CC(C(=O)O)N1C(=O)[C@@H]2[C@H]3C[C@H]([C@H]4ON=C(c5ccc(Cl)cc5)[C@@H]34)[C@@H]2C1=O. The Bertz CT molecular complexity index is 959. The standard InChI is InChI=1S/C22H23ClN2O5/c1-9(2)7-14(22(28)29)25-20(26)15-12-8-13(16(15)21(25)27)19-17(12)18(24-30-19)10-3-5-11(23)6-4-10/h3-6,9,12-17,19H,7-8H2,1-2H3,(H,28,29)/t12-,13+,14?,15-,16+,17-,19-/m1/s1. The molecule has 158 valence electrons. The first-order valence-corrected chi connectivity index (χ1v) is 10.8. The summed E-state index contributed by atoms with van der Waals surface area (Å²) in [5, 5.41) is 14.6. The zero-order valence-corrected chi connectivity index (χ0v) is 17.5. The van der Waals surface area contributed by atoms with E-state index in [4.69, 9.17) is 16.4 Å². The zero-order valence-electron chi connectivity index (χ0n) is 16.7. The van der Waals surface area contributed by atoms with E-state index in [1.54, 1.807) is 12.1 Å². The normalized spacial score (nSPS) is 34.8. The molecule has 2 aliphatic carbocycles. The van der Waals surface area contributed by atoms with Crippen molar-refractivity contribution in [2.24, 2.45) is 40.7 Å². The van der Waals surface area contributed by atoms with Crippen LogP contribution in [0.5, 0.6) is 0 Å². The molecule has 2 saturated carbocycles. The Morgan fingerprint density at radius 1 is 1.17 bits per heavy atom. The number of aliphatic carboxylic acids is 1. The molecule has 7 nitrogen and oxygen atoms in total. The maximum absolute atomic E-state index is 13.3. The summed E-state index contributed by atoms with van der Waals surface area (Å²) in [6, 6.07) is 6.23. The fourth-order valence-corrected chi connectivity index (χ4v) is 6.20. The number of hydrogen-bond donors (Lipinski definition) is 1. The maximum Gasteiger partial charge on any atom is 0.326 e. The summed E-state index contributed by atoms with van der Waals surface area (Å²) in [6.07, 6.45) is 0.736. The van der Waals surface area contributed by atoms with Crippen molar-refractivity contribution in [3.63, 3.8) is 0 Å². The lowest BCUT2D eigenvalue weighted by Crippen LogP contribution is -2.47. The summed E-state index contributed by atoms with van der Waals surface area (Å²) in [6.45, 7) is 3.77. The van der Waals surface area contributed by atoms with Crippen molar-refractivity contribution in [2.75, 3.05) is 0 Å².